The lowest BCUT2D eigenvalue weighted by Crippen LogP contribution is -2.10. The summed E-state index contributed by atoms with van der Waals surface area (Å²) >= 11 is 1.54. The fourth-order valence-corrected chi connectivity index (χ4v) is 1.54. The molecule has 0 saturated carbocycles. The molecule has 2 nitrogen and oxygen atoms in total. The molecular formula is C8H11NOS. The van der Waals surface area contributed by atoms with Gasteiger partial charge in [-0.25, -0.2) is 4.98 Å². The summed E-state index contributed by atoms with van der Waals surface area (Å²) in [5.41, 5.74) is 0.603. The number of hydrogen-bond acceptors (Lipinski definition) is 3. The van der Waals surface area contributed by atoms with Crippen LogP contribution in [0.3, 0.4) is 0 Å². The van der Waals surface area contributed by atoms with Gasteiger partial charge in [-0.1, -0.05) is 20.8 Å². The van der Waals surface area contributed by atoms with Crippen molar-refractivity contribution >= 4 is 17.6 Å². The van der Waals surface area contributed by atoms with Crippen LogP contribution in [0.2, 0.25) is 0 Å². The minimum atomic E-state index is 0.0614. The van der Waals surface area contributed by atoms with Crippen LogP contribution in [0.5, 0.6) is 0 Å². The van der Waals surface area contributed by atoms with E-state index in [0.717, 1.165) is 11.3 Å². The first kappa shape index (κ1) is 8.40. The second-order valence-electron chi connectivity index (χ2n) is 3.45. The highest BCUT2D eigenvalue weighted by Crippen LogP contribution is 2.24. The van der Waals surface area contributed by atoms with E-state index in [4.69, 9.17) is 0 Å². The van der Waals surface area contributed by atoms with Crippen LogP contribution in [0.25, 0.3) is 0 Å². The van der Waals surface area contributed by atoms with Gasteiger partial charge in [-0.3, -0.25) is 4.79 Å². The zero-order valence-corrected chi connectivity index (χ0v) is 7.73. The molecule has 3 heteroatoms. The van der Waals surface area contributed by atoms with Crippen molar-refractivity contribution in [1.29, 1.82) is 0 Å². The number of rotatable bonds is 1. The first-order chi connectivity index (χ1) is 5.04. The molecule has 0 radical (unpaired) electrons. The van der Waals surface area contributed by atoms with Crippen molar-refractivity contribution < 1.29 is 4.79 Å². The Bertz CT molecular complexity index is 259. The maximum absolute atomic E-state index is 10.3. The van der Waals surface area contributed by atoms with E-state index in [1.807, 2.05) is 0 Å². The molecule has 1 aromatic rings. The second kappa shape index (κ2) is 2.74. The first-order valence-corrected chi connectivity index (χ1v) is 4.33. The summed E-state index contributed by atoms with van der Waals surface area (Å²) in [6.45, 7) is 6.25. The van der Waals surface area contributed by atoms with Gasteiger partial charge in [-0.05, 0) is 0 Å². The number of carbonyl (C=O) groups excluding carboxylic acids is 1. The predicted molar refractivity (Wildman–Crippen MR) is 46.2 cm³/mol. The van der Waals surface area contributed by atoms with Gasteiger partial charge in [0.15, 0.2) is 6.29 Å². The molecular weight excluding hydrogens is 158 g/mol. The Balaban J connectivity index is 2.98. The summed E-state index contributed by atoms with van der Waals surface area (Å²) in [6, 6.07) is 0. The maximum Gasteiger partial charge on any atom is 0.169 e. The van der Waals surface area contributed by atoms with Gasteiger partial charge in [0.2, 0.25) is 0 Å². The average molecular weight is 169 g/mol. The van der Waals surface area contributed by atoms with E-state index in [0.29, 0.717) is 5.69 Å². The van der Waals surface area contributed by atoms with Crippen molar-refractivity contribution in [2.24, 2.45) is 0 Å². The summed E-state index contributed by atoms with van der Waals surface area (Å²) < 4.78 is 0. The Kier molecular flexibility index (Phi) is 2.09. The Morgan fingerprint density at radius 1 is 1.55 bits per heavy atom. The lowest BCUT2D eigenvalue weighted by atomic mass is 9.98. The van der Waals surface area contributed by atoms with Crippen LogP contribution in [-0.2, 0) is 5.41 Å². The van der Waals surface area contributed by atoms with E-state index in [1.54, 1.807) is 5.38 Å². The summed E-state index contributed by atoms with van der Waals surface area (Å²) in [7, 11) is 0. The highest BCUT2D eigenvalue weighted by Gasteiger charge is 2.17. The van der Waals surface area contributed by atoms with Crippen LogP contribution in [0.15, 0.2) is 5.38 Å². The average Bonchev–Trinajstić information content (AvgIpc) is 2.32. The summed E-state index contributed by atoms with van der Waals surface area (Å²) in [5, 5.41) is 2.80. The van der Waals surface area contributed by atoms with Gasteiger partial charge in [0, 0.05) is 10.8 Å². The fourth-order valence-electron chi connectivity index (χ4n) is 0.685. The third-order valence-corrected chi connectivity index (χ3v) is 2.57. The van der Waals surface area contributed by atoms with Crippen molar-refractivity contribution in [2.75, 3.05) is 0 Å². The molecule has 0 amide bonds. The SMILES string of the molecule is CC(C)(C)c1nc(C=O)cs1. The largest absolute Gasteiger partial charge is 0.296 e. The minimum absolute atomic E-state index is 0.0614. The Labute approximate surface area is 70.3 Å². The molecule has 0 unspecified atom stereocenters. The number of aldehydes is 1. The van der Waals surface area contributed by atoms with Crippen LogP contribution in [0.4, 0.5) is 0 Å². The summed E-state index contributed by atoms with van der Waals surface area (Å²) in [6.07, 6.45) is 0.783. The summed E-state index contributed by atoms with van der Waals surface area (Å²) in [4.78, 5) is 14.4. The zero-order valence-electron chi connectivity index (χ0n) is 6.92. The molecule has 1 heterocycles. The number of hydrogen-bond donors (Lipinski definition) is 0. The van der Waals surface area contributed by atoms with Crippen molar-refractivity contribution in [3.8, 4) is 0 Å². The third kappa shape index (κ3) is 1.87. The smallest absolute Gasteiger partial charge is 0.169 e. The topological polar surface area (TPSA) is 30.0 Å². The monoisotopic (exact) mass is 169 g/mol. The molecule has 0 aliphatic carbocycles. The van der Waals surface area contributed by atoms with E-state index in [1.165, 1.54) is 11.3 Å². The molecule has 0 saturated heterocycles. The molecule has 60 valence electrons. The Hall–Kier alpha value is -0.700. The fraction of sp³-hybridized carbons (Fsp3) is 0.500. The van der Waals surface area contributed by atoms with E-state index in [9.17, 15) is 4.79 Å². The van der Waals surface area contributed by atoms with Crippen LogP contribution in [-0.4, -0.2) is 11.3 Å². The van der Waals surface area contributed by atoms with Crippen molar-refractivity contribution in [1.82, 2.24) is 4.98 Å². The molecule has 1 rings (SSSR count). The Morgan fingerprint density at radius 2 is 2.18 bits per heavy atom. The first-order valence-electron chi connectivity index (χ1n) is 3.45. The predicted octanol–water partition coefficient (Wildman–Crippen LogP) is 2.25. The van der Waals surface area contributed by atoms with Crippen LogP contribution >= 0.6 is 11.3 Å². The standard InChI is InChI=1S/C8H11NOS/c1-8(2,3)7-9-6(4-10)5-11-7/h4-5H,1-3H3. The van der Waals surface area contributed by atoms with Gasteiger partial charge >= 0.3 is 0 Å². The Morgan fingerprint density at radius 3 is 2.45 bits per heavy atom. The number of carbonyl (C=O) groups is 1. The maximum atomic E-state index is 10.3. The molecule has 0 aliphatic rings. The highest BCUT2D eigenvalue weighted by molar-refractivity contribution is 7.10. The van der Waals surface area contributed by atoms with Gasteiger partial charge in [-0.2, -0.15) is 0 Å². The van der Waals surface area contributed by atoms with E-state index in [-0.39, 0.29) is 5.41 Å². The number of thiazole rings is 1. The highest BCUT2D eigenvalue weighted by atomic mass is 32.1. The molecule has 0 atom stereocenters. The molecule has 0 aliphatic heterocycles. The summed E-state index contributed by atoms with van der Waals surface area (Å²) in [5.74, 6) is 0. The zero-order chi connectivity index (χ0) is 8.48. The van der Waals surface area contributed by atoms with E-state index < -0.39 is 0 Å². The molecule has 0 N–H and O–H groups in total. The van der Waals surface area contributed by atoms with Crippen molar-refractivity contribution in [3.63, 3.8) is 0 Å². The van der Waals surface area contributed by atoms with Crippen LogP contribution in [0.1, 0.15) is 36.3 Å². The molecule has 0 aromatic carbocycles. The van der Waals surface area contributed by atoms with Crippen molar-refractivity contribution in [3.05, 3.63) is 16.1 Å². The molecule has 0 fully saturated rings. The lowest BCUT2D eigenvalue weighted by Gasteiger charge is -2.13. The van der Waals surface area contributed by atoms with Gasteiger partial charge < -0.3 is 0 Å². The van der Waals surface area contributed by atoms with Crippen LogP contribution < -0.4 is 0 Å². The molecule has 11 heavy (non-hydrogen) atoms. The normalized spacial score (nSPS) is 11.5. The van der Waals surface area contributed by atoms with Crippen LogP contribution in [0, 0.1) is 0 Å². The van der Waals surface area contributed by atoms with Gasteiger partial charge in [0.1, 0.15) is 5.69 Å². The lowest BCUT2D eigenvalue weighted by molar-refractivity contribution is 0.111. The number of nitrogens with zero attached hydrogens (tertiary/aromatic N) is 1. The molecule has 1 aromatic heterocycles. The third-order valence-electron chi connectivity index (χ3n) is 1.28. The second-order valence-corrected chi connectivity index (χ2v) is 4.30. The van der Waals surface area contributed by atoms with Gasteiger partial charge in [0.05, 0.1) is 5.01 Å². The molecule has 0 spiro atoms. The quantitative estimate of drug-likeness (QED) is 0.603. The van der Waals surface area contributed by atoms with Gasteiger partial charge in [-0.15, -0.1) is 11.3 Å². The van der Waals surface area contributed by atoms with Crippen molar-refractivity contribution in [2.45, 2.75) is 26.2 Å². The van der Waals surface area contributed by atoms with E-state index >= 15 is 0 Å². The minimum Gasteiger partial charge on any atom is -0.296 e. The van der Waals surface area contributed by atoms with Gasteiger partial charge in [0.25, 0.3) is 0 Å². The molecule has 0 bridgehead atoms. The number of aromatic nitrogens is 1. The van der Waals surface area contributed by atoms with E-state index in [2.05, 4.69) is 25.8 Å².